The van der Waals surface area contributed by atoms with E-state index in [1.54, 1.807) is 0 Å². The summed E-state index contributed by atoms with van der Waals surface area (Å²) < 4.78 is 11.9. The lowest BCUT2D eigenvalue weighted by Gasteiger charge is -2.15. The van der Waals surface area contributed by atoms with Crippen molar-refractivity contribution in [1.29, 1.82) is 0 Å². The summed E-state index contributed by atoms with van der Waals surface area (Å²) in [5.41, 5.74) is 1.48. The van der Waals surface area contributed by atoms with Crippen LogP contribution in [0.5, 0.6) is 11.5 Å². The van der Waals surface area contributed by atoms with E-state index in [-0.39, 0.29) is 5.41 Å². The first-order valence-corrected chi connectivity index (χ1v) is 7.46. The third-order valence-corrected chi connectivity index (χ3v) is 4.79. The Morgan fingerprint density at radius 2 is 2.05 bits per heavy atom. The smallest absolute Gasteiger partial charge is 0.179 e. The molecule has 1 saturated carbocycles. The molecule has 2 fully saturated rings. The Morgan fingerprint density at radius 1 is 1.21 bits per heavy atom. The first kappa shape index (κ1) is 11.9. The number of nitrogens with one attached hydrogen (secondary N) is 1. The van der Waals surface area contributed by atoms with E-state index in [2.05, 4.69) is 11.4 Å². The molecule has 2 heterocycles. The third-order valence-electron chi connectivity index (χ3n) is 4.51. The topological polar surface area (TPSA) is 30.5 Å². The van der Waals surface area contributed by atoms with Crippen LogP contribution in [0.1, 0.15) is 37.3 Å². The minimum atomic E-state index is 0.258. The minimum Gasteiger partial charge on any atom is -0.489 e. The van der Waals surface area contributed by atoms with Gasteiger partial charge < -0.3 is 14.8 Å². The van der Waals surface area contributed by atoms with Gasteiger partial charge in [0.15, 0.2) is 11.5 Å². The second kappa shape index (κ2) is 4.29. The van der Waals surface area contributed by atoms with Gasteiger partial charge in [-0.25, -0.2) is 0 Å². The molecule has 1 atom stereocenters. The first-order valence-electron chi connectivity index (χ1n) is 7.08. The average molecular weight is 280 g/mol. The maximum atomic E-state index is 6.38. The van der Waals surface area contributed by atoms with E-state index >= 15 is 0 Å². The molecular weight excluding hydrogens is 262 g/mol. The second-order valence-electron chi connectivity index (χ2n) is 6.06. The Hall–Kier alpha value is -0.930. The largest absolute Gasteiger partial charge is 0.489 e. The van der Waals surface area contributed by atoms with Gasteiger partial charge in [0.1, 0.15) is 0 Å². The zero-order valence-corrected chi connectivity index (χ0v) is 11.6. The third kappa shape index (κ3) is 2.09. The predicted molar refractivity (Wildman–Crippen MR) is 74.1 cm³/mol. The molecule has 0 aromatic heterocycles. The molecule has 19 heavy (non-hydrogen) atoms. The summed E-state index contributed by atoms with van der Waals surface area (Å²) in [6, 6.07) is 4.54. The molecule has 0 bridgehead atoms. The van der Waals surface area contributed by atoms with E-state index in [1.807, 2.05) is 6.07 Å². The number of hydrogen-bond donors (Lipinski definition) is 1. The fourth-order valence-corrected chi connectivity index (χ4v) is 3.24. The van der Waals surface area contributed by atoms with Crippen LogP contribution >= 0.6 is 11.6 Å². The van der Waals surface area contributed by atoms with E-state index in [4.69, 9.17) is 21.1 Å². The Bertz CT molecular complexity index is 507. The Labute approximate surface area is 118 Å². The van der Waals surface area contributed by atoms with Gasteiger partial charge in [-0.05, 0) is 49.9 Å². The lowest BCUT2D eigenvalue weighted by Crippen LogP contribution is -2.17. The summed E-state index contributed by atoms with van der Waals surface area (Å²) >= 11 is 6.38. The molecule has 1 saturated heterocycles. The van der Waals surface area contributed by atoms with E-state index in [9.17, 15) is 0 Å². The van der Waals surface area contributed by atoms with Crippen LogP contribution in [-0.4, -0.2) is 19.8 Å². The van der Waals surface area contributed by atoms with Crippen molar-refractivity contribution in [3.05, 3.63) is 22.7 Å². The molecule has 4 rings (SSSR count). The molecule has 4 heteroatoms. The normalized spacial score (nSPS) is 27.3. The Balaban J connectivity index is 1.67. The molecule has 1 aromatic carbocycles. The lowest BCUT2D eigenvalue weighted by atomic mass is 10.0. The number of fused-ring (bicyclic) bond motifs is 1. The molecule has 3 nitrogen and oxygen atoms in total. The summed E-state index contributed by atoms with van der Waals surface area (Å²) in [4.78, 5) is 0. The number of benzene rings is 1. The number of halogens is 1. The van der Waals surface area contributed by atoms with E-state index in [0.29, 0.717) is 11.1 Å². The van der Waals surface area contributed by atoms with Crippen molar-refractivity contribution >= 4 is 11.6 Å². The zero-order valence-electron chi connectivity index (χ0n) is 10.9. The second-order valence-corrected chi connectivity index (χ2v) is 6.46. The quantitative estimate of drug-likeness (QED) is 0.855. The van der Waals surface area contributed by atoms with E-state index in [0.717, 1.165) is 31.3 Å². The molecule has 0 amide bonds. The van der Waals surface area contributed by atoms with Crippen LogP contribution in [0.2, 0.25) is 5.02 Å². The molecule has 1 aliphatic carbocycles. The minimum absolute atomic E-state index is 0.258. The highest BCUT2D eigenvalue weighted by Gasteiger charge is 2.46. The predicted octanol–water partition coefficient (Wildman–Crippen LogP) is 3.32. The van der Waals surface area contributed by atoms with Crippen LogP contribution < -0.4 is 14.8 Å². The van der Waals surface area contributed by atoms with Crippen molar-refractivity contribution in [2.75, 3.05) is 19.8 Å². The van der Waals surface area contributed by atoms with Gasteiger partial charge in [-0.3, -0.25) is 0 Å². The van der Waals surface area contributed by atoms with Gasteiger partial charge in [-0.2, -0.15) is 0 Å². The average Bonchev–Trinajstić information content (AvgIpc) is 3.02. The summed E-state index contributed by atoms with van der Waals surface area (Å²) in [6.07, 6.45) is 4.80. The maximum Gasteiger partial charge on any atom is 0.179 e. The van der Waals surface area contributed by atoms with Gasteiger partial charge in [-0.15, -0.1) is 0 Å². The van der Waals surface area contributed by atoms with Gasteiger partial charge in [-0.1, -0.05) is 11.6 Å². The molecule has 1 aromatic rings. The maximum absolute atomic E-state index is 6.38. The van der Waals surface area contributed by atoms with Crippen LogP contribution in [0, 0.1) is 5.41 Å². The molecule has 1 spiro atoms. The highest BCUT2D eigenvalue weighted by molar-refractivity contribution is 6.32. The standard InChI is InChI=1S/C15H18ClNO2/c16-11-6-10(12-2-1-5-17-12)7-13-14(11)19-9-15(3-4-15)8-18-13/h6-7,12,17H,1-5,8-9H2. The van der Waals surface area contributed by atoms with Gasteiger partial charge in [0.05, 0.1) is 18.2 Å². The van der Waals surface area contributed by atoms with Crippen molar-refractivity contribution < 1.29 is 9.47 Å². The zero-order chi connectivity index (χ0) is 12.9. The van der Waals surface area contributed by atoms with Gasteiger partial charge in [0.25, 0.3) is 0 Å². The van der Waals surface area contributed by atoms with Crippen molar-refractivity contribution in [2.45, 2.75) is 31.7 Å². The highest BCUT2D eigenvalue weighted by atomic mass is 35.5. The monoisotopic (exact) mass is 279 g/mol. The van der Waals surface area contributed by atoms with Crippen molar-refractivity contribution in [2.24, 2.45) is 5.41 Å². The van der Waals surface area contributed by atoms with Crippen LogP contribution in [0.4, 0.5) is 0 Å². The van der Waals surface area contributed by atoms with E-state index < -0.39 is 0 Å². The number of hydrogen-bond acceptors (Lipinski definition) is 3. The van der Waals surface area contributed by atoms with Crippen LogP contribution in [0.25, 0.3) is 0 Å². The van der Waals surface area contributed by atoms with Crippen molar-refractivity contribution in [1.82, 2.24) is 5.32 Å². The number of ether oxygens (including phenoxy) is 2. The van der Waals surface area contributed by atoms with Gasteiger partial charge in [0, 0.05) is 11.5 Å². The SMILES string of the molecule is Clc1cc(C2CCCN2)cc2c1OCC1(CC1)CO2. The molecular formula is C15H18ClNO2. The molecule has 2 aliphatic heterocycles. The molecule has 3 aliphatic rings. The highest BCUT2D eigenvalue weighted by Crippen LogP contribution is 2.50. The van der Waals surface area contributed by atoms with Crippen molar-refractivity contribution in [3.8, 4) is 11.5 Å². The van der Waals surface area contributed by atoms with Crippen LogP contribution in [0.15, 0.2) is 12.1 Å². The van der Waals surface area contributed by atoms with Gasteiger partial charge >= 0.3 is 0 Å². The van der Waals surface area contributed by atoms with Crippen LogP contribution in [-0.2, 0) is 0 Å². The number of rotatable bonds is 1. The molecule has 102 valence electrons. The fraction of sp³-hybridized carbons (Fsp3) is 0.600. The van der Waals surface area contributed by atoms with Crippen molar-refractivity contribution in [3.63, 3.8) is 0 Å². The summed E-state index contributed by atoms with van der Waals surface area (Å²) in [7, 11) is 0. The first-order chi connectivity index (χ1) is 9.26. The molecule has 1 unspecified atom stereocenters. The molecule has 0 radical (unpaired) electrons. The lowest BCUT2D eigenvalue weighted by molar-refractivity contribution is 0.197. The van der Waals surface area contributed by atoms with E-state index in [1.165, 1.54) is 31.2 Å². The molecule has 1 N–H and O–H groups in total. The van der Waals surface area contributed by atoms with Crippen LogP contribution in [0.3, 0.4) is 0 Å². The summed E-state index contributed by atoms with van der Waals surface area (Å²) in [5, 5.41) is 4.18. The summed E-state index contributed by atoms with van der Waals surface area (Å²) in [6.45, 7) is 2.58. The van der Waals surface area contributed by atoms with Gasteiger partial charge in [0.2, 0.25) is 0 Å². The Morgan fingerprint density at radius 3 is 2.79 bits per heavy atom. The fourth-order valence-electron chi connectivity index (χ4n) is 2.97. The Kier molecular flexibility index (Phi) is 2.68. The summed E-state index contributed by atoms with van der Waals surface area (Å²) in [5.74, 6) is 1.55.